The molecule has 2 aromatic carbocycles. The molecule has 1 aromatic heterocycles. The zero-order chi connectivity index (χ0) is 19.7. The number of fused-ring (bicyclic) bond motifs is 1. The Morgan fingerprint density at radius 3 is 2.75 bits per heavy atom. The molecule has 0 saturated carbocycles. The number of anilines is 2. The molecule has 1 N–H and O–H groups in total. The Hall–Kier alpha value is -1.89. The van der Waals surface area contributed by atoms with Crippen molar-refractivity contribution in [3.8, 4) is 0 Å². The Kier molecular flexibility index (Phi) is 5.71. The highest BCUT2D eigenvalue weighted by molar-refractivity contribution is 9.10. The van der Waals surface area contributed by atoms with E-state index in [0.717, 1.165) is 53.2 Å². The van der Waals surface area contributed by atoms with Crippen molar-refractivity contribution in [2.24, 2.45) is 0 Å². The van der Waals surface area contributed by atoms with Gasteiger partial charge in [0.1, 0.15) is 5.82 Å². The molecule has 0 unspecified atom stereocenters. The molecular formula is C21H22BrClN4O. The Morgan fingerprint density at radius 2 is 1.96 bits per heavy atom. The fourth-order valence-electron chi connectivity index (χ4n) is 3.59. The zero-order valence-corrected chi connectivity index (χ0v) is 18.2. The monoisotopic (exact) mass is 460 g/mol. The van der Waals surface area contributed by atoms with Crippen molar-refractivity contribution in [2.75, 3.05) is 36.5 Å². The maximum Gasteiger partial charge on any atom is 0.224 e. The van der Waals surface area contributed by atoms with Gasteiger partial charge in [0.2, 0.25) is 5.28 Å². The Morgan fingerprint density at radius 1 is 1.18 bits per heavy atom. The van der Waals surface area contributed by atoms with Crippen LogP contribution in [0.3, 0.4) is 0 Å². The van der Waals surface area contributed by atoms with Gasteiger partial charge in [-0.15, -0.1) is 0 Å². The molecule has 1 aliphatic rings. The van der Waals surface area contributed by atoms with E-state index in [1.165, 1.54) is 11.1 Å². The molecule has 7 heteroatoms. The SMILES string of the molecule is Cc1c(Br)cccc1[C@@H](C)Nc1nc(Cl)nc2ccc(N3CCOCC3)cc12. The van der Waals surface area contributed by atoms with Crippen molar-refractivity contribution in [1.82, 2.24) is 9.97 Å². The van der Waals surface area contributed by atoms with Gasteiger partial charge in [-0.05, 0) is 60.8 Å². The first-order valence-electron chi connectivity index (χ1n) is 9.34. The van der Waals surface area contributed by atoms with Gasteiger partial charge in [-0.2, -0.15) is 0 Å². The van der Waals surface area contributed by atoms with E-state index in [2.05, 4.69) is 74.2 Å². The number of aromatic nitrogens is 2. The summed E-state index contributed by atoms with van der Waals surface area (Å²) in [6, 6.07) is 12.5. The highest BCUT2D eigenvalue weighted by atomic mass is 79.9. The van der Waals surface area contributed by atoms with Crippen LogP contribution in [-0.2, 0) is 4.74 Å². The number of halogens is 2. The molecule has 1 fully saturated rings. The van der Waals surface area contributed by atoms with E-state index in [4.69, 9.17) is 16.3 Å². The van der Waals surface area contributed by atoms with E-state index in [9.17, 15) is 0 Å². The predicted octanol–water partition coefficient (Wildman–Crippen LogP) is 5.36. The van der Waals surface area contributed by atoms with Gasteiger partial charge < -0.3 is 15.0 Å². The molecule has 1 atom stereocenters. The summed E-state index contributed by atoms with van der Waals surface area (Å²) in [5.74, 6) is 0.747. The third kappa shape index (κ3) is 3.95. The number of rotatable bonds is 4. The quantitative estimate of drug-likeness (QED) is 0.530. The van der Waals surface area contributed by atoms with E-state index in [0.29, 0.717) is 0 Å². The summed E-state index contributed by atoms with van der Waals surface area (Å²) < 4.78 is 6.57. The van der Waals surface area contributed by atoms with E-state index in [1.807, 2.05) is 12.1 Å². The van der Waals surface area contributed by atoms with Crippen LogP contribution in [0, 0.1) is 6.92 Å². The molecule has 0 aliphatic carbocycles. The highest BCUT2D eigenvalue weighted by Crippen LogP contribution is 2.31. The Labute approximate surface area is 178 Å². The van der Waals surface area contributed by atoms with Gasteiger partial charge in [-0.1, -0.05) is 28.1 Å². The van der Waals surface area contributed by atoms with Crippen molar-refractivity contribution < 1.29 is 4.74 Å². The summed E-state index contributed by atoms with van der Waals surface area (Å²) in [5.41, 5.74) is 4.40. The second-order valence-electron chi connectivity index (χ2n) is 6.96. The van der Waals surface area contributed by atoms with Crippen LogP contribution in [-0.4, -0.2) is 36.3 Å². The second-order valence-corrected chi connectivity index (χ2v) is 8.15. The van der Waals surface area contributed by atoms with Crippen LogP contribution in [0.5, 0.6) is 0 Å². The van der Waals surface area contributed by atoms with Gasteiger partial charge in [0.15, 0.2) is 0 Å². The van der Waals surface area contributed by atoms with Crippen LogP contribution in [0.15, 0.2) is 40.9 Å². The van der Waals surface area contributed by atoms with Crippen LogP contribution >= 0.6 is 27.5 Å². The molecule has 28 heavy (non-hydrogen) atoms. The second kappa shape index (κ2) is 8.23. The lowest BCUT2D eigenvalue weighted by atomic mass is 10.0. The Bertz CT molecular complexity index is 1010. The molecule has 0 amide bonds. The lowest BCUT2D eigenvalue weighted by molar-refractivity contribution is 0.122. The van der Waals surface area contributed by atoms with E-state index < -0.39 is 0 Å². The molecule has 1 aliphatic heterocycles. The lowest BCUT2D eigenvalue weighted by Gasteiger charge is -2.29. The minimum atomic E-state index is 0.0682. The molecule has 2 heterocycles. The van der Waals surface area contributed by atoms with Gasteiger partial charge in [-0.3, -0.25) is 0 Å². The summed E-state index contributed by atoms with van der Waals surface area (Å²) in [7, 11) is 0. The van der Waals surface area contributed by atoms with Crippen LogP contribution < -0.4 is 10.2 Å². The van der Waals surface area contributed by atoms with Crippen LogP contribution in [0.25, 0.3) is 10.9 Å². The number of benzene rings is 2. The summed E-state index contributed by atoms with van der Waals surface area (Å²) in [6.45, 7) is 7.51. The van der Waals surface area contributed by atoms with Gasteiger partial charge >= 0.3 is 0 Å². The summed E-state index contributed by atoms with van der Waals surface area (Å²) in [6.07, 6.45) is 0. The topological polar surface area (TPSA) is 50.3 Å². The molecule has 0 radical (unpaired) electrons. The first-order valence-corrected chi connectivity index (χ1v) is 10.5. The van der Waals surface area contributed by atoms with Gasteiger partial charge in [0.05, 0.1) is 24.8 Å². The fraction of sp³-hybridized carbons (Fsp3) is 0.333. The number of nitrogens with zero attached hydrogens (tertiary/aromatic N) is 3. The van der Waals surface area contributed by atoms with Crippen molar-refractivity contribution in [1.29, 1.82) is 0 Å². The maximum atomic E-state index is 6.20. The van der Waals surface area contributed by atoms with Gasteiger partial charge in [0.25, 0.3) is 0 Å². The normalized spacial score (nSPS) is 15.6. The molecule has 5 nitrogen and oxygen atoms in total. The number of hydrogen-bond donors (Lipinski definition) is 1. The van der Waals surface area contributed by atoms with Crippen molar-refractivity contribution in [3.05, 3.63) is 57.3 Å². The van der Waals surface area contributed by atoms with Gasteiger partial charge in [0, 0.05) is 28.6 Å². The molecule has 3 aromatic rings. The standard InChI is InChI=1S/C21H22BrClN4O/c1-13-16(4-3-5-18(13)22)14(2)24-20-17-12-15(27-8-10-28-11-9-27)6-7-19(17)25-21(23)26-20/h3-7,12,14H,8-11H2,1-2H3,(H,24,25,26)/t14-/m1/s1. The maximum absolute atomic E-state index is 6.20. The minimum Gasteiger partial charge on any atom is -0.378 e. The van der Waals surface area contributed by atoms with Crippen LogP contribution in [0.2, 0.25) is 5.28 Å². The predicted molar refractivity (Wildman–Crippen MR) is 118 cm³/mol. The largest absolute Gasteiger partial charge is 0.378 e. The van der Waals surface area contributed by atoms with Crippen LogP contribution in [0.4, 0.5) is 11.5 Å². The summed E-state index contributed by atoms with van der Waals surface area (Å²) in [5, 5.41) is 4.75. The molecule has 0 spiro atoms. The third-order valence-corrected chi connectivity index (χ3v) is 6.19. The number of hydrogen-bond acceptors (Lipinski definition) is 5. The first kappa shape index (κ1) is 19.4. The molecule has 1 saturated heterocycles. The molecule has 146 valence electrons. The number of nitrogens with one attached hydrogen (secondary N) is 1. The summed E-state index contributed by atoms with van der Waals surface area (Å²) in [4.78, 5) is 11.2. The van der Waals surface area contributed by atoms with Crippen molar-refractivity contribution in [2.45, 2.75) is 19.9 Å². The van der Waals surface area contributed by atoms with Crippen LogP contribution in [0.1, 0.15) is 24.1 Å². The average Bonchev–Trinajstić information content (AvgIpc) is 2.70. The van der Waals surface area contributed by atoms with E-state index in [-0.39, 0.29) is 11.3 Å². The molecular weight excluding hydrogens is 440 g/mol. The van der Waals surface area contributed by atoms with Crippen molar-refractivity contribution in [3.63, 3.8) is 0 Å². The number of ether oxygens (including phenoxy) is 1. The summed E-state index contributed by atoms with van der Waals surface area (Å²) >= 11 is 9.82. The van der Waals surface area contributed by atoms with Gasteiger partial charge in [-0.25, -0.2) is 9.97 Å². The fourth-order valence-corrected chi connectivity index (χ4v) is 4.15. The lowest BCUT2D eigenvalue weighted by Crippen LogP contribution is -2.36. The third-order valence-electron chi connectivity index (χ3n) is 5.16. The highest BCUT2D eigenvalue weighted by Gasteiger charge is 2.16. The minimum absolute atomic E-state index is 0.0682. The van der Waals surface area contributed by atoms with E-state index >= 15 is 0 Å². The van der Waals surface area contributed by atoms with E-state index in [1.54, 1.807) is 0 Å². The smallest absolute Gasteiger partial charge is 0.224 e. The van der Waals surface area contributed by atoms with Crippen molar-refractivity contribution >= 4 is 49.9 Å². The first-order chi connectivity index (χ1) is 13.5. The molecule has 4 rings (SSSR count). The molecule has 0 bridgehead atoms. The average molecular weight is 462 g/mol. The Balaban J connectivity index is 1.71. The zero-order valence-electron chi connectivity index (χ0n) is 15.9. The number of morpholine rings is 1.